The monoisotopic (exact) mass is 378 g/mol. The predicted molar refractivity (Wildman–Crippen MR) is 109 cm³/mol. The van der Waals surface area contributed by atoms with Crippen LogP contribution in [-0.2, 0) is 16.1 Å². The van der Waals surface area contributed by atoms with Gasteiger partial charge in [-0.25, -0.2) is 4.79 Å². The Bertz CT molecular complexity index is 595. The molecule has 7 heteroatoms. The summed E-state index contributed by atoms with van der Waals surface area (Å²) in [5, 5.41) is 9.25. The Morgan fingerprint density at radius 1 is 1.07 bits per heavy atom. The fourth-order valence-electron chi connectivity index (χ4n) is 2.16. The number of ether oxygens (including phenoxy) is 2. The first-order valence-electron chi connectivity index (χ1n) is 9.19. The third-order valence-corrected chi connectivity index (χ3v) is 3.41. The van der Waals surface area contributed by atoms with Crippen molar-refractivity contribution in [3.8, 4) is 0 Å². The van der Waals surface area contributed by atoms with E-state index in [9.17, 15) is 4.79 Å². The second-order valence-electron chi connectivity index (χ2n) is 7.90. The van der Waals surface area contributed by atoms with Gasteiger partial charge in [-0.2, -0.15) is 0 Å². The molecule has 0 aromatic heterocycles. The van der Waals surface area contributed by atoms with Crippen LogP contribution in [0.15, 0.2) is 35.3 Å². The van der Waals surface area contributed by atoms with Crippen molar-refractivity contribution < 1.29 is 14.3 Å². The lowest BCUT2D eigenvalue weighted by atomic mass is 10.1. The highest BCUT2D eigenvalue weighted by molar-refractivity contribution is 5.79. The number of aliphatic imine (C=N–C) groups is 1. The van der Waals surface area contributed by atoms with E-state index in [2.05, 4.69) is 20.9 Å². The molecule has 0 aliphatic heterocycles. The molecule has 0 bridgehead atoms. The van der Waals surface area contributed by atoms with Crippen LogP contribution in [0.25, 0.3) is 0 Å². The number of nitrogens with zero attached hydrogens (tertiary/aromatic N) is 1. The molecule has 0 heterocycles. The minimum Gasteiger partial charge on any atom is -0.444 e. The van der Waals surface area contributed by atoms with Crippen molar-refractivity contribution in [1.82, 2.24) is 16.0 Å². The predicted octanol–water partition coefficient (Wildman–Crippen LogP) is 2.67. The second-order valence-corrected chi connectivity index (χ2v) is 7.90. The fraction of sp³-hybridized carbons (Fsp3) is 0.600. The maximum atomic E-state index is 11.9. The molecule has 7 nitrogen and oxygen atoms in total. The number of alkyl carbamates (subject to hydrolysis) is 1. The summed E-state index contributed by atoms with van der Waals surface area (Å²) in [4.78, 5) is 16.1. The Morgan fingerprint density at radius 3 is 2.33 bits per heavy atom. The summed E-state index contributed by atoms with van der Waals surface area (Å²) in [7, 11) is 1.70. The van der Waals surface area contributed by atoms with E-state index in [0.29, 0.717) is 32.3 Å². The molecule has 0 aliphatic carbocycles. The normalized spacial score (nSPS) is 12.4. The van der Waals surface area contributed by atoms with Gasteiger partial charge in [-0.15, -0.1) is 0 Å². The summed E-state index contributed by atoms with van der Waals surface area (Å²) in [6.45, 7) is 11.6. The molecule has 3 N–H and O–H groups in total. The van der Waals surface area contributed by atoms with Gasteiger partial charge in [0.25, 0.3) is 0 Å². The Balaban J connectivity index is 2.27. The number of guanidine groups is 1. The Labute approximate surface area is 162 Å². The van der Waals surface area contributed by atoms with Crippen LogP contribution in [-0.4, -0.2) is 49.9 Å². The van der Waals surface area contributed by atoms with Crippen molar-refractivity contribution in [2.24, 2.45) is 4.99 Å². The van der Waals surface area contributed by atoms with E-state index in [-0.39, 0.29) is 0 Å². The van der Waals surface area contributed by atoms with E-state index < -0.39 is 17.2 Å². The maximum absolute atomic E-state index is 11.9. The third kappa shape index (κ3) is 11.1. The van der Waals surface area contributed by atoms with Gasteiger partial charge in [-0.05, 0) is 40.2 Å². The molecular weight excluding hydrogens is 344 g/mol. The molecule has 1 rings (SSSR count). The molecular formula is C20H34N4O3. The molecule has 0 saturated carbocycles. The highest BCUT2D eigenvalue weighted by atomic mass is 16.6. The summed E-state index contributed by atoms with van der Waals surface area (Å²) in [5.74, 6) is 0.650. The Kier molecular flexibility index (Phi) is 9.08. The second kappa shape index (κ2) is 10.8. The summed E-state index contributed by atoms with van der Waals surface area (Å²) in [6.07, 6.45) is -0.438. The molecule has 0 radical (unpaired) electrons. The summed E-state index contributed by atoms with van der Waals surface area (Å²) in [5.41, 5.74) is 0.129. The van der Waals surface area contributed by atoms with Crippen LogP contribution in [0.4, 0.5) is 4.79 Å². The van der Waals surface area contributed by atoms with Gasteiger partial charge in [0.05, 0.1) is 18.8 Å². The lowest BCUT2D eigenvalue weighted by molar-refractivity contribution is 0.0474. The summed E-state index contributed by atoms with van der Waals surface area (Å²) >= 11 is 0. The first-order valence-corrected chi connectivity index (χ1v) is 9.19. The van der Waals surface area contributed by atoms with Crippen LogP contribution in [0.5, 0.6) is 0 Å². The zero-order valence-corrected chi connectivity index (χ0v) is 17.4. The van der Waals surface area contributed by atoms with Crippen LogP contribution in [0, 0.1) is 0 Å². The number of amides is 1. The van der Waals surface area contributed by atoms with Crippen LogP contribution in [0.2, 0.25) is 0 Å². The fourth-order valence-corrected chi connectivity index (χ4v) is 2.16. The van der Waals surface area contributed by atoms with Crippen molar-refractivity contribution >= 4 is 12.1 Å². The van der Waals surface area contributed by atoms with E-state index in [1.54, 1.807) is 7.05 Å². The summed E-state index contributed by atoms with van der Waals surface area (Å²) < 4.78 is 10.9. The van der Waals surface area contributed by atoms with Crippen LogP contribution >= 0.6 is 0 Å². The standard InChI is InChI=1S/C20H34N4O3/c1-19(2,3)27-18(25)24-20(4,5)15-23-17(21-6)22-12-13-26-14-16-10-8-7-9-11-16/h7-11H,12-15H2,1-6H3,(H,24,25)(H2,21,22,23). The molecule has 0 saturated heterocycles. The van der Waals surface area contributed by atoms with Crippen molar-refractivity contribution in [1.29, 1.82) is 0 Å². The zero-order chi connectivity index (χ0) is 20.3. The van der Waals surface area contributed by atoms with Crippen LogP contribution in [0.1, 0.15) is 40.2 Å². The van der Waals surface area contributed by atoms with E-state index in [1.165, 1.54) is 0 Å². The van der Waals surface area contributed by atoms with Crippen LogP contribution < -0.4 is 16.0 Å². The number of carbonyl (C=O) groups excluding carboxylic acids is 1. The van der Waals surface area contributed by atoms with Crippen molar-refractivity contribution in [3.63, 3.8) is 0 Å². The smallest absolute Gasteiger partial charge is 0.408 e. The van der Waals surface area contributed by atoms with Crippen molar-refractivity contribution in [2.45, 2.75) is 52.4 Å². The first kappa shape index (κ1) is 22.8. The number of carbonyl (C=O) groups is 1. The molecule has 27 heavy (non-hydrogen) atoms. The topological polar surface area (TPSA) is 84.0 Å². The van der Waals surface area contributed by atoms with Crippen molar-refractivity contribution in [3.05, 3.63) is 35.9 Å². The van der Waals surface area contributed by atoms with Gasteiger partial charge in [0, 0.05) is 20.1 Å². The first-order chi connectivity index (χ1) is 12.6. The number of hydrogen-bond donors (Lipinski definition) is 3. The number of benzene rings is 1. The van der Waals surface area contributed by atoms with Gasteiger partial charge in [-0.3, -0.25) is 4.99 Å². The molecule has 0 fully saturated rings. The van der Waals surface area contributed by atoms with E-state index in [1.807, 2.05) is 65.0 Å². The summed E-state index contributed by atoms with van der Waals surface area (Å²) in [6, 6.07) is 10.0. The van der Waals surface area contributed by atoms with Gasteiger partial charge in [0.15, 0.2) is 5.96 Å². The lowest BCUT2D eigenvalue weighted by Gasteiger charge is -2.29. The van der Waals surface area contributed by atoms with Gasteiger partial charge < -0.3 is 25.4 Å². The highest BCUT2D eigenvalue weighted by Crippen LogP contribution is 2.09. The molecule has 0 spiro atoms. The van der Waals surface area contributed by atoms with Gasteiger partial charge >= 0.3 is 6.09 Å². The third-order valence-electron chi connectivity index (χ3n) is 3.41. The van der Waals surface area contributed by atoms with Gasteiger partial charge in [0.1, 0.15) is 5.60 Å². The number of nitrogens with one attached hydrogen (secondary N) is 3. The average molecular weight is 379 g/mol. The van der Waals surface area contributed by atoms with E-state index in [0.717, 1.165) is 5.56 Å². The lowest BCUT2D eigenvalue weighted by Crippen LogP contribution is -2.54. The highest BCUT2D eigenvalue weighted by Gasteiger charge is 2.24. The quantitative estimate of drug-likeness (QED) is 0.368. The molecule has 0 aliphatic rings. The SMILES string of the molecule is CN=C(NCCOCc1ccccc1)NCC(C)(C)NC(=O)OC(C)(C)C. The van der Waals surface area contributed by atoms with Gasteiger partial charge in [0.2, 0.25) is 0 Å². The van der Waals surface area contributed by atoms with E-state index in [4.69, 9.17) is 9.47 Å². The Morgan fingerprint density at radius 2 is 1.74 bits per heavy atom. The van der Waals surface area contributed by atoms with E-state index >= 15 is 0 Å². The average Bonchev–Trinajstić information content (AvgIpc) is 2.56. The zero-order valence-electron chi connectivity index (χ0n) is 17.4. The molecule has 0 atom stereocenters. The largest absolute Gasteiger partial charge is 0.444 e. The molecule has 1 aromatic carbocycles. The number of hydrogen-bond acceptors (Lipinski definition) is 4. The van der Waals surface area contributed by atoms with Gasteiger partial charge in [-0.1, -0.05) is 30.3 Å². The number of rotatable bonds is 8. The molecule has 1 amide bonds. The Hall–Kier alpha value is -2.28. The minimum atomic E-state index is -0.523. The minimum absolute atomic E-state index is 0.438. The molecule has 152 valence electrons. The maximum Gasteiger partial charge on any atom is 0.408 e. The molecule has 0 unspecified atom stereocenters. The van der Waals surface area contributed by atoms with Crippen molar-refractivity contribution in [2.75, 3.05) is 26.7 Å². The van der Waals surface area contributed by atoms with Crippen LogP contribution in [0.3, 0.4) is 0 Å². The molecule has 1 aromatic rings.